The van der Waals surface area contributed by atoms with Crippen LogP contribution in [-0.4, -0.2) is 34.1 Å². The van der Waals surface area contributed by atoms with Gasteiger partial charge < -0.3 is 10.6 Å². The Kier molecular flexibility index (Phi) is 4.75. The molecule has 0 bridgehead atoms. The monoisotopic (exact) mass is 310 g/mol. The zero-order valence-corrected chi connectivity index (χ0v) is 14.3. The molecule has 2 N–H and O–H groups in total. The van der Waals surface area contributed by atoms with Crippen LogP contribution in [0.4, 0.5) is 11.8 Å². The van der Waals surface area contributed by atoms with Crippen molar-refractivity contribution < 1.29 is 0 Å². The van der Waals surface area contributed by atoms with E-state index in [9.17, 15) is 0 Å². The van der Waals surface area contributed by atoms with Crippen molar-refractivity contribution in [1.82, 2.24) is 9.97 Å². The van der Waals surface area contributed by atoms with E-state index in [-0.39, 0.29) is 4.75 Å². The van der Waals surface area contributed by atoms with Gasteiger partial charge in [0, 0.05) is 22.7 Å². The molecule has 20 heavy (non-hydrogen) atoms. The zero-order chi connectivity index (χ0) is 14.8. The number of nitrogens with zero attached hydrogens (tertiary/aromatic N) is 2. The minimum Gasteiger partial charge on any atom is -0.368 e. The molecule has 0 spiro atoms. The highest BCUT2D eigenvalue weighted by Crippen LogP contribution is 2.30. The molecule has 6 heteroatoms. The average molecular weight is 310 g/mol. The molecule has 110 valence electrons. The molecule has 0 amide bonds. The summed E-state index contributed by atoms with van der Waals surface area (Å²) < 4.78 is 0.181. The van der Waals surface area contributed by atoms with Crippen LogP contribution < -0.4 is 10.6 Å². The maximum absolute atomic E-state index is 4.61. The van der Waals surface area contributed by atoms with E-state index in [0.717, 1.165) is 29.1 Å². The van der Waals surface area contributed by atoms with Crippen LogP contribution in [0.1, 0.15) is 25.6 Å². The van der Waals surface area contributed by atoms with Gasteiger partial charge in [-0.1, -0.05) is 0 Å². The Hall–Kier alpha value is -1.01. The maximum Gasteiger partial charge on any atom is 0.226 e. The van der Waals surface area contributed by atoms with E-state index in [4.69, 9.17) is 0 Å². The van der Waals surface area contributed by atoms with Crippen molar-refractivity contribution in [2.24, 2.45) is 0 Å². The molecule has 0 fully saturated rings. The van der Waals surface area contributed by atoms with Gasteiger partial charge in [-0.25, -0.2) is 4.98 Å². The van der Waals surface area contributed by atoms with Crippen molar-refractivity contribution in [3.63, 3.8) is 0 Å². The quantitative estimate of drug-likeness (QED) is 0.845. The third kappa shape index (κ3) is 3.55. The lowest BCUT2D eigenvalue weighted by molar-refractivity contribution is 0.751. The summed E-state index contributed by atoms with van der Waals surface area (Å²) >= 11 is 3.56. The Bertz CT molecular complexity index is 592. The van der Waals surface area contributed by atoms with Crippen molar-refractivity contribution in [2.45, 2.75) is 32.4 Å². The summed E-state index contributed by atoms with van der Waals surface area (Å²) in [6.45, 7) is 10.3. The van der Waals surface area contributed by atoms with Crippen molar-refractivity contribution in [1.29, 1.82) is 0 Å². The second-order valence-electron chi connectivity index (χ2n) is 5.32. The van der Waals surface area contributed by atoms with E-state index >= 15 is 0 Å². The maximum atomic E-state index is 4.61. The normalized spacial score (nSPS) is 11.8. The molecule has 0 aliphatic carbocycles. The molecule has 0 saturated carbocycles. The van der Waals surface area contributed by atoms with Crippen LogP contribution in [0.25, 0.3) is 10.2 Å². The van der Waals surface area contributed by atoms with Crippen molar-refractivity contribution in [3.8, 4) is 0 Å². The number of hydrogen-bond donors (Lipinski definition) is 2. The van der Waals surface area contributed by atoms with Crippen LogP contribution in [0.3, 0.4) is 0 Å². The van der Waals surface area contributed by atoms with Gasteiger partial charge in [0.15, 0.2) is 0 Å². The van der Waals surface area contributed by atoms with Gasteiger partial charge >= 0.3 is 0 Å². The molecule has 0 aliphatic rings. The fourth-order valence-electron chi connectivity index (χ4n) is 1.78. The minimum atomic E-state index is 0.181. The number of aryl methyl sites for hydroxylation is 1. The fourth-order valence-corrected chi connectivity index (χ4v) is 2.88. The second kappa shape index (κ2) is 6.18. The first-order valence-electron chi connectivity index (χ1n) is 6.76. The summed E-state index contributed by atoms with van der Waals surface area (Å²) in [6.07, 6.45) is 2.13. The number of fused-ring (bicyclic) bond motifs is 1. The van der Waals surface area contributed by atoms with E-state index < -0.39 is 0 Å². The molecule has 4 nitrogen and oxygen atoms in total. The zero-order valence-electron chi connectivity index (χ0n) is 12.7. The highest BCUT2D eigenvalue weighted by Gasteiger charge is 2.17. The molecule has 2 rings (SSSR count). The topological polar surface area (TPSA) is 49.8 Å². The third-order valence-electron chi connectivity index (χ3n) is 3.08. The molecule has 2 heterocycles. The number of aromatic nitrogens is 2. The van der Waals surface area contributed by atoms with Crippen LogP contribution in [-0.2, 0) is 0 Å². The second-order valence-corrected chi connectivity index (χ2v) is 8.07. The highest BCUT2D eigenvalue weighted by atomic mass is 32.2. The molecular formula is C14H22N4S2. The Morgan fingerprint density at radius 1 is 1.30 bits per heavy atom. The number of thioether (sulfide) groups is 1. The summed E-state index contributed by atoms with van der Waals surface area (Å²) in [5.74, 6) is 1.63. The predicted molar refractivity (Wildman–Crippen MR) is 92.4 cm³/mol. The number of rotatable bonds is 6. The van der Waals surface area contributed by atoms with E-state index in [2.05, 4.69) is 60.6 Å². The van der Waals surface area contributed by atoms with Gasteiger partial charge in [0.1, 0.15) is 10.6 Å². The summed E-state index contributed by atoms with van der Waals surface area (Å²) in [5, 5.41) is 7.80. The first kappa shape index (κ1) is 15.4. The number of hydrogen-bond acceptors (Lipinski definition) is 6. The fraction of sp³-hybridized carbons (Fsp3) is 0.571. The van der Waals surface area contributed by atoms with Crippen LogP contribution in [0, 0.1) is 6.92 Å². The third-order valence-corrected chi connectivity index (χ3v) is 5.28. The molecule has 2 aromatic rings. The van der Waals surface area contributed by atoms with E-state index in [0.29, 0.717) is 5.95 Å². The molecule has 0 saturated heterocycles. The molecule has 0 radical (unpaired) electrons. The number of nitrogens with one attached hydrogen (secondary N) is 2. The Balaban J connectivity index is 2.34. The van der Waals surface area contributed by atoms with Gasteiger partial charge in [-0.05, 0) is 40.0 Å². The Morgan fingerprint density at radius 2 is 2.05 bits per heavy atom. The van der Waals surface area contributed by atoms with Gasteiger partial charge in [-0.3, -0.25) is 0 Å². The van der Waals surface area contributed by atoms with Crippen LogP contribution in [0.15, 0.2) is 6.07 Å². The molecule has 0 aliphatic heterocycles. The van der Waals surface area contributed by atoms with Crippen LogP contribution >= 0.6 is 23.1 Å². The SMILES string of the molecule is CCNc1nc(NCC(C)(C)SC)c2cc(C)sc2n1. The molecule has 0 aromatic carbocycles. The van der Waals surface area contributed by atoms with Crippen molar-refractivity contribution in [2.75, 3.05) is 30.0 Å². The Labute approximate surface area is 128 Å². The van der Waals surface area contributed by atoms with Gasteiger partial charge in [0.05, 0.1) is 5.39 Å². The number of thiophene rings is 1. The predicted octanol–water partition coefficient (Wildman–Crippen LogP) is 3.99. The molecular weight excluding hydrogens is 288 g/mol. The van der Waals surface area contributed by atoms with E-state index in [1.807, 2.05) is 11.8 Å². The highest BCUT2D eigenvalue weighted by molar-refractivity contribution is 7.99. The Morgan fingerprint density at radius 3 is 2.70 bits per heavy atom. The summed E-state index contributed by atoms with van der Waals surface area (Å²) in [6, 6.07) is 2.16. The average Bonchev–Trinajstić information content (AvgIpc) is 2.77. The smallest absolute Gasteiger partial charge is 0.226 e. The molecule has 0 atom stereocenters. The summed E-state index contributed by atoms with van der Waals surface area (Å²) in [7, 11) is 0. The van der Waals surface area contributed by atoms with Gasteiger partial charge in [0.25, 0.3) is 0 Å². The summed E-state index contributed by atoms with van der Waals surface area (Å²) in [4.78, 5) is 11.5. The van der Waals surface area contributed by atoms with Gasteiger partial charge in [-0.2, -0.15) is 16.7 Å². The largest absolute Gasteiger partial charge is 0.368 e. The van der Waals surface area contributed by atoms with Crippen LogP contribution in [0.5, 0.6) is 0 Å². The van der Waals surface area contributed by atoms with Gasteiger partial charge in [0.2, 0.25) is 5.95 Å². The van der Waals surface area contributed by atoms with E-state index in [1.165, 1.54) is 4.88 Å². The molecule has 0 unspecified atom stereocenters. The molecule has 2 aromatic heterocycles. The van der Waals surface area contributed by atoms with Crippen LogP contribution in [0.2, 0.25) is 0 Å². The van der Waals surface area contributed by atoms with Crippen molar-refractivity contribution in [3.05, 3.63) is 10.9 Å². The lowest BCUT2D eigenvalue weighted by Gasteiger charge is -2.22. The standard InChI is InChI=1S/C14H22N4S2/c1-6-15-13-17-11(16-8-14(3,4)19-5)10-7-9(2)20-12(10)18-13/h7H,6,8H2,1-5H3,(H2,15,16,17,18). The van der Waals surface area contributed by atoms with Gasteiger partial charge in [-0.15, -0.1) is 11.3 Å². The summed E-state index contributed by atoms with van der Waals surface area (Å²) in [5.41, 5.74) is 0. The lowest BCUT2D eigenvalue weighted by Crippen LogP contribution is -2.26. The lowest BCUT2D eigenvalue weighted by atomic mass is 10.2. The number of anilines is 2. The van der Waals surface area contributed by atoms with E-state index in [1.54, 1.807) is 11.3 Å². The minimum absolute atomic E-state index is 0.181. The first-order chi connectivity index (χ1) is 9.45. The first-order valence-corrected chi connectivity index (χ1v) is 8.80. The van der Waals surface area contributed by atoms with Crippen molar-refractivity contribution >= 4 is 45.1 Å².